The van der Waals surface area contributed by atoms with Gasteiger partial charge in [-0.05, 0) is 50.5 Å². The average Bonchev–Trinajstić information content (AvgIpc) is 2.56. The van der Waals surface area contributed by atoms with Gasteiger partial charge in [0.1, 0.15) is 11.6 Å². The van der Waals surface area contributed by atoms with Crippen molar-refractivity contribution < 1.29 is 4.74 Å². The van der Waals surface area contributed by atoms with Gasteiger partial charge < -0.3 is 15.0 Å². The Labute approximate surface area is 131 Å². The van der Waals surface area contributed by atoms with Crippen molar-refractivity contribution in [2.75, 3.05) is 30.4 Å². The predicted octanol–water partition coefficient (Wildman–Crippen LogP) is 3.53. The Hall–Kier alpha value is -2.30. The minimum absolute atomic E-state index is 0.644. The van der Waals surface area contributed by atoms with Gasteiger partial charge in [0.2, 0.25) is 5.95 Å². The van der Waals surface area contributed by atoms with Gasteiger partial charge in [0.15, 0.2) is 0 Å². The first kappa shape index (κ1) is 14.6. The number of hydrogen-bond acceptors (Lipinski definition) is 5. The van der Waals surface area contributed by atoms with Crippen LogP contribution in [0.25, 0.3) is 0 Å². The minimum Gasteiger partial charge on any atom is -0.497 e. The van der Waals surface area contributed by atoms with Gasteiger partial charge in [-0.25, -0.2) is 4.98 Å². The number of ether oxygens (including phenoxy) is 1. The molecule has 2 aromatic rings. The first-order chi connectivity index (χ1) is 10.7. The molecule has 0 atom stereocenters. The molecule has 0 bridgehead atoms. The molecule has 1 aromatic heterocycles. The first-order valence-electron chi connectivity index (χ1n) is 7.76. The van der Waals surface area contributed by atoms with E-state index in [2.05, 4.69) is 26.3 Å². The van der Waals surface area contributed by atoms with E-state index in [-0.39, 0.29) is 0 Å². The van der Waals surface area contributed by atoms with Crippen LogP contribution in [-0.2, 0) is 0 Å². The van der Waals surface area contributed by atoms with Gasteiger partial charge in [-0.1, -0.05) is 0 Å². The van der Waals surface area contributed by atoms with Crippen LogP contribution in [0, 0.1) is 6.92 Å². The predicted molar refractivity (Wildman–Crippen MR) is 89.1 cm³/mol. The summed E-state index contributed by atoms with van der Waals surface area (Å²) in [4.78, 5) is 11.5. The fourth-order valence-electron chi connectivity index (χ4n) is 2.70. The second kappa shape index (κ2) is 6.64. The van der Waals surface area contributed by atoms with Crippen LogP contribution in [0.4, 0.5) is 17.5 Å². The number of aryl methyl sites for hydroxylation is 1. The van der Waals surface area contributed by atoms with E-state index in [1.165, 1.54) is 19.3 Å². The second-order valence-corrected chi connectivity index (χ2v) is 5.59. The molecule has 0 unspecified atom stereocenters. The molecule has 0 amide bonds. The van der Waals surface area contributed by atoms with Crippen molar-refractivity contribution in [3.63, 3.8) is 0 Å². The van der Waals surface area contributed by atoms with Crippen molar-refractivity contribution in [1.82, 2.24) is 9.97 Å². The van der Waals surface area contributed by atoms with Crippen LogP contribution in [0.1, 0.15) is 25.0 Å². The third-order valence-corrected chi connectivity index (χ3v) is 3.87. The summed E-state index contributed by atoms with van der Waals surface area (Å²) in [5.74, 6) is 2.50. The molecule has 116 valence electrons. The molecule has 0 aliphatic carbocycles. The Kier molecular flexibility index (Phi) is 4.42. The zero-order valence-electron chi connectivity index (χ0n) is 13.2. The molecule has 22 heavy (non-hydrogen) atoms. The van der Waals surface area contributed by atoms with Crippen molar-refractivity contribution in [3.05, 3.63) is 36.0 Å². The Morgan fingerprint density at radius 1 is 1.05 bits per heavy atom. The molecule has 2 heterocycles. The van der Waals surface area contributed by atoms with Crippen LogP contribution >= 0.6 is 0 Å². The summed E-state index contributed by atoms with van der Waals surface area (Å²) in [6, 6.07) is 9.83. The maximum Gasteiger partial charge on any atom is 0.229 e. The molecule has 5 nitrogen and oxygen atoms in total. The summed E-state index contributed by atoms with van der Waals surface area (Å²) in [5, 5.41) is 3.27. The maximum atomic E-state index is 5.17. The molecule has 5 heteroatoms. The van der Waals surface area contributed by atoms with Crippen molar-refractivity contribution in [1.29, 1.82) is 0 Å². The van der Waals surface area contributed by atoms with Crippen LogP contribution < -0.4 is 15.0 Å². The number of hydrogen-bond donors (Lipinski definition) is 1. The van der Waals surface area contributed by atoms with Gasteiger partial charge in [-0.3, -0.25) is 0 Å². The van der Waals surface area contributed by atoms with E-state index >= 15 is 0 Å². The number of rotatable bonds is 4. The summed E-state index contributed by atoms with van der Waals surface area (Å²) >= 11 is 0. The minimum atomic E-state index is 0.644. The van der Waals surface area contributed by atoms with Crippen LogP contribution in [0.2, 0.25) is 0 Å². The van der Waals surface area contributed by atoms with E-state index in [0.717, 1.165) is 36.0 Å². The van der Waals surface area contributed by atoms with Gasteiger partial charge in [-0.2, -0.15) is 4.98 Å². The van der Waals surface area contributed by atoms with E-state index < -0.39 is 0 Å². The Balaban J connectivity index is 1.79. The molecule has 1 aromatic carbocycles. The van der Waals surface area contributed by atoms with E-state index in [9.17, 15) is 0 Å². The van der Waals surface area contributed by atoms with Crippen molar-refractivity contribution in [2.24, 2.45) is 0 Å². The first-order valence-corrected chi connectivity index (χ1v) is 7.76. The van der Waals surface area contributed by atoms with Crippen molar-refractivity contribution >= 4 is 17.5 Å². The van der Waals surface area contributed by atoms with Gasteiger partial charge in [0, 0.05) is 30.5 Å². The van der Waals surface area contributed by atoms with Gasteiger partial charge in [0.25, 0.3) is 0 Å². The van der Waals surface area contributed by atoms with Gasteiger partial charge >= 0.3 is 0 Å². The van der Waals surface area contributed by atoms with Gasteiger partial charge in [0.05, 0.1) is 7.11 Å². The zero-order valence-corrected chi connectivity index (χ0v) is 13.2. The van der Waals surface area contributed by atoms with Crippen molar-refractivity contribution in [3.8, 4) is 5.75 Å². The molecule has 1 aliphatic rings. The summed E-state index contributed by atoms with van der Waals surface area (Å²) in [6.07, 6.45) is 3.80. The lowest BCUT2D eigenvalue weighted by Gasteiger charge is -2.28. The third kappa shape index (κ3) is 3.47. The lowest BCUT2D eigenvalue weighted by Crippen LogP contribution is -2.30. The molecule has 0 saturated carbocycles. The third-order valence-electron chi connectivity index (χ3n) is 3.87. The molecule has 1 N–H and O–H groups in total. The summed E-state index contributed by atoms with van der Waals surface area (Å²) in [5.41, 5.74) is 1.93. The van der Waals surface area contributed by atoms with E-state index in [0.29, 0.717) is 5.95 Å². The lowest BCUT2D eigenvalue weighted by atomic mass is 10.1. The highest BCUT2D eigenvalue weighted by Gasteiger charge is 2.13. The molecule has 1 fully saturated rings. The summed E-state index contributed by atoms with van der Waals surface area (Å²) < 4.78 is 5.17. The number of benzene rings is 1. The van der Waals surface area contributed by atoms with E-state index in [4.69, 9.17) is 4.74 Å². The Morgan fingerprint density at radius 3 is 2.45 bits per heavy atom. The molecule has 1 aliphatic heterocycles. The highest BCUT2D eigenvalue weighted by molar-refractivity contribution is 5.56. The van der Waals surface area contributed by atoms with Crippen LogP contribution in [0.15, 0.2) is 30.3 Å². The highest BCUT2D eigenvalue weighted by atomic mass is 16.5. The number of methoxy groups -OCH3 is 1. The molecular weight excluding hydrogens is 276 g/mol. The number of nitrogens with one attached hydrogen (secondary N) is 1. The topological polar surface area (TPSA) is 50.3 Å². The number of nitrogens with zero attached hydrogens (tertiary/aromatic N) is 3. The number of piperidine rings is 1. The second-order valence-electron chi connectivity index (χ2n) is 5.59. The van der Waals surface area contributed by atoms with E-state index in [1.54, 1.807) is 7.11 Å². The molecule has 3 rings (SSSR count). The SMILES string of the molecule is COc1ccc(Nc2nc(C)cc(N3CCCCC3)n2)cc1. The fraction of sp³-hybridized carbons (Fsp3) is 0.412. The lowest BCUT2D eigenvalue weighted by molar-refractivity contribution is 0.415. The maximum absolute atomic E-state index is 5.17. The van der Waals surface area contributed by atoms with Crippen LogP contribution in [0.5, 0.6) is 5.75 Å². The van der Waals surface area contributed by atoms with Crippen molar-refractivity contribution in [2.45, 2.75) is 26.2 Å². The average molecular weight is 298 g/mol. The molecule has 0 spiro atoms. The molecule has 0 radical (unpaired) electrons. The monoisotopic (exact) mass is 298 g/mol. The standard InChI is InChI=1S/C17H22N4O/c1-13-12-16(21-10-4-3-5-11-21)20-17(18-13)19-14-6-8-15(22-2)9-7-14/h6-9,12H,3-5,10-11H2,1-2H3,(H,18,19,20). The number of anilines is 3. The Bertz CT molecular complexity index is 621. The normalized spacial score (nSPS) is 14.7. The number of aromatic nitrogens is 2. The zero-order chi connectivity index (χ0) is 15.4. The molecular formula is C17H22N4O. The fourth-order valence-corrected chi connectivity index (χ4v) is 2.70. The van der Waals surface area contributed by atoms with Crippen LogP contribution in [-0.4, -0.2) is 30.2 Å². The largest absolute Gasteiger partial charge is 0.497 e. The van der Waals surface area contributed by atoms with Gasteiger partial charge in [-0.15, -0.1) is 0 Å². The highest BCUT2D eigenvalue weighted by Crippen LogP contribution is 2.22. The smallest absolute Gasteiger partial charge is 0.229 e. The Morgan fingerprint density at radius 2 is 1.77 bits per heavy atom. The van der Waals surface area contributed by atoms with E-state index in [1.807, 2.05) is 31.2 Å². The summed E-state index contributed by atoms with van der Waals surface area (Å²) in [7, 11) is 1.66. The quantitative estimate of drug-likeness (QED) is 0.936. The van der Waals surface area contributed by atoms with Crippen LogP contribution in [0.3, 0.4) is 0 Å². The summed E-state index contributed by atoms with van der Waals surface area (Å²) in [6.45, 7) is 4.17. The molecule has 1 saturated heterocycles.